The van der Waals surface area contributed by atoms with Gasteiger partial charge < -0.3 is 20.6 Å². The highest BCUT2D eigenvalue weighted by Gasteiger charge is 2.08. The van der Waals surface area contributed by atoms with Crippen LogP contribution in [-0.4, -0.2) is 36.6 Å². The lowest BCUT2D eigenvalue weighted by molar-refractivity contribution is 0.410. The van der Waals surface area contributed by atoms with Crippen molar-refractivity contribution in [2.45, 2.75) is 6.42 Å². The number of fused-ring (bicyclic) bond motifs is 1. The second-order valence-electron chi connectivity index (χ2n) is 3.56. The summed E-state index contributed by atoms with van der Waals surface area (Å²) < 4.78 is 4.64. The molecule has 0 aliphatic rings. The van der Waals surface area contributed by atoms with Gasteiger partial charge in [-0.15, -0.1) is 0 Å². The Balaban J connectivity index is 1.75. The topological polar surface area (TPSA) is 131 Å². The van der Waals surface area contributed by atoms with E-state index in [0.717, 1.165) is 5.52 Å². The van der Waals surface area contributed by atoms with Crippen molar-refractivity contribution in [2.75, 3.05) is 17.6 Å². The quantitative estimate of drug-likeness (QED) is 0.584. The SMILES string of the molecule is Nc1nc(NCCc2ncon2)c2[nH]cnc2n1. The first-order valence-electron chi connectivity index (χ1n) is 5.28. The fourth-order valence-electron chi connectivity index (χ4n) is 1.57. The molecule has 0 fully saturated rings. The number of aromatic nitrogens is 6. The van der Waals surface area contributed by atoms with Crippen molar-refractivity contribution in [1.82, 2.24) is 30.1 Å². The van der Waals surface area contributed by atoms with Crippen molar-refractivity contribution in [3.05, 3.63) is 18.5 Å². The number of aromatic amines is 1. The van der Waals surface area contributed by atoms with E-state index in [1.807, 2.05) is 0 Å². The number of nitrogens with two attached hydrogens (primary N) is 1. The average Bonchev–Trinajstić information content (AvgIpc) is 2.98. The van der Waals surface area contributed by atoms with Crippen LogP contribution >= 0.6 is 0 Å². The third-order valence-electron chi connectivity index (χ3n) is 2.35. The summed E-state index contributed by atoms with van der Waals surface area (Å²) in [6.07, 6.45) is 3.46. The molecule has 0 unspecified atom stereocenters. The second-order valence-corrected chi connectivity index (χ2v) is 3.56. The fraction of sp³-hybridized carbons (Fsp3) is 0.222. The van der Waals surface area contributed by atoms with Gasteiger partial charge in [0.1, 0.15) is 5.52 Å². The molecule has 3 heterocycles. The molecule has 3 rings (SSSR count). The molecule has 92 valence electrons. The van der Waals surface area contributed by atoms with Crippen molar-refractivity contribution in [1.29, 1.82) is 0 Å². The lowest BCUT2D eigenvalue weighted by atomic mass is 10.4. The minimum atomic E-state index is 0.177. The van der Waals surface area contributed by atoms with E-state index in [-0.39, 0.29) is 5.95 Å². The van der Waals surface area contributed by atoms with Gasteiger partial charge in [0.2, 0.25) is 12.3 Å². The second kappa shape index (κ2) is 4.28. The molecule has 0 radical (unpaired) electrons. The molecular weight excluding hydrogens is 236 g/mol. The molecule has 0 saturated carbocycles. The molecular formula is C9H10N8O. The van der Waals surface area contributed by atoms with E-state index in [9.17, 15) is 0 Å². The molecule has 0 saturated heterocycles. The standard InChI is InChI=1S/C9H10N8O/c10-9-15-7(6-8(16-9)13-3-12-6)11-2-1-5-14-4-18-17-5/h3-4H,1-2H2,(H4,10,11,12,13,15,16). The Morgan fingerprint density at radius 1 is 1.33 bits per heavy atom. The zero-order valence-electron chi connectivity index (χ0n) is 9.29. The van der Waals surface area contributed by atoms with Crippen LogP contribution in [0.3, 0.4) is 0 Å². The van der Waals surface area contributed by atoms with Gasteiger partial charge in [-0.1, -0.05) is 5.16 Å². The number of nitrogens with one attached hydrogen (secondary N) is 2. The van der Waals surface area contributed by atoms with Gasteiger partial charge in [0.05, 0.1) is 6.33 Å². The zero-order valence-corrected chi connectivity index (χ0v) is 9.29. The molecule has 0 spiro atoms. The normalized spacial score (nSPS) is 10.9. The average molecular weight is 246 g/mol. The highest BCUT2D eigenvalue weighted by molar-refractivity contribution is 5.83. The third kappa shape index (κ3) is 1.93. The van der Waals surface area contributed by atoms with Crippen LogP contribution in [0, 0.1) is 0 Å². The van der Waals surface area contributed by atoms with Crippen molar-refractivity contribution in [2.24, 2.45) is 0 Å². The Morgan fingerprint density at radius 3 is 3.11 bits per heavy atom. The van der Waals surface area contributed by atoms with Gasteiger partial charge >= 0.3 is 0 Å². The van der Waals surface area contributed by atoms with E-state index in [0.29, 0.717) is 30.3 Å². The molecule has 3 aromatic rings. The molecule has 18 heavy (non-hydrogen) atoms. The van der Waals surface area contributed by atoms with Crippen LogP contribution in [0.25, 0.3) is 11.2 Å². The summed E-state index contributed by atoms with van der Waals surface area (Å²) in [4.78, 5) is 19.0. The van der Waals surface area contributed by atoms with E-state index in [4.69, 9.17) is 5.73 Å². The largest absolute Gasteiger partial charge is 0.368 e. The monoisotopic (exact) mass is 246 g/mol. The lowest BCUT2D eigenvalue weighted by Gasteiger charge is -2.05. The maximum Gasteiger partial charge on any atom is 0.224 e. The molecule has 9 nitrogen and oxygen atoms in total. The van der Waals surface area contributed by atoms with Crippen LogP contribution in [0.5, 0.6) is 0 Å². The van der Waals surface area contributed by atoms with Crippen LogP contribution in [0.4, 0.5) is 11.8 Å². The number of anilines is 2. The predicted octanol–water partition coefficient (Wildman–Crippen LogP) is -0.0273. The van der Waals surface area contributed by atoms with Crippen LogP contribution in [0.1, 0.15) is 5.82 Å². The Hall–Kier alpha value is -2.71. The highest BCUT2D eigenvalue weighted by Crippen LogP contribution is 2.16. The van der Waals surface area contributed by atoms with Gasteiger partial charge in [0.25, 0.3) is 0 Å². The summed E-state index contributed by atoms with van der Waals surface area (Å²) in [5.74, 6) is 1.42. The number of nitrogens with zero attached hydrogens (tertiary/aromatic N) is 5. The van der Waals surface area contributed by atoms with E-state index >= 15 is 0 Å². The van der Waals surface area contributed by atoms with Gasteiger partial charge in [-0.05, 0) is 0 Å². The van der Waals surface area contributed by atoms with E-state index < -0.39 is 0 Å². The van der Waals surface area contributed by atoms with Crippen LogP contribution < -0.4 is 11.1 Å². The minimum absolute atomic E-state index is 0.177. The first-order valence-corrected chi connectivity index (χ1v) is 5.28. The Bertz CT molecular complexity index is 646. The number of nitrogen functional groups attached to an aromatic ring is 1. The summed E-state index contributed by atoms with van der Waals surface area (Å²) in [5.41, 5.74) is 6.85. The van der Waals surface area contributed by atoms with Gasteiger partial charge in [-0.2, -0.15) is 15.0 Å². The zero-order chi connectivity index (χ0) is 12.4. The van der Waals surface area contributed by atoms with Gasteiger partial charge in [-0.25, -0.2) is 4.98 Å². The summed E-state index contributed by atoms with van der Waals surface area (Å²) in [5, 5.41) is 6.84. The Morgan fingerprint density at radius 2 is 2.28 bits per heavy atom. The van der Waals surface area contributed by atoms with Gasteiger partial charge in [-0.3, -0.25) is 0 Å². The molecule has 0 atom stereocenters. The van der Waals surface area contributed by atoms with Crippen molar-refractivity contribution in [3.8, 4) is 0 Å². The molecule has 0 aliphatic heterocycles. The lowest BCUT2D eigenvalue weighted by Crippen LogP contribution is -2.09. The minimum Gasteiger partial charge on any atom is -0.368 e. The third-order valence-corrected chi connectivity index (χ3v) is 2.35. The molecule has 4 N–H and O–H groups in total. The highest BCUT2D eigenvalue weighted by atomic mass is 16.5. The number of hydrogen-bond donors (Lipinski definition) is 3. The van der Waals surface area contributed by atoms with Crippen molar-refractivity contribution < 1.29 is 4.52 Å². The number of imidazole rings is 1. The Labute approximate surface area is 101 Å². The van der Waals surface area contributed by atoms with Crippen LogP contribution in [0.15, 0.2) is 17.2 Å². The Kier molecular flexibility index (Phi) is 2.48. The summed E-state index contributed by atoms with van der Waals surface area (Å²) >= 11 is 0. The summed E-state index contributed by atoms with van der Waals surface area (Å²) in [6.45, 7) is 0.601. The summed E-state index contributed by atoms with van der Waals surface area (Å²) in [7, 11) is 0. The number of H-pyrrole nitrogens is 1. The van der Waals surface area contributed by atoms with Gasteiger partial charge in [0, 0.05) is 13.0 Å². The molecule has 9 heteroatoms. The van der Waals surface area contributed by atoms with E-state index in [1.165, 1.54) is 6.39 Å². The maximum atomic E-state index is 5.59. The summed E-state index contributed by atoms with van der Waals surface area (Å²) in [6, 6.07) is 0. The van der Waals surface area contributed by atoms with E-state index in [2.05, 4.69) is 39.9 Å². The molecule has 3 aromatic heterocycles. The van der Waals surface area contributed by atoms with Crippen molar-refractivity contribution in [3.63, 3.8) is 0 Å². The number of hydrogen-bond acceptors (Lipinski definition) is 8. The molecule has 0 amide bonds. The smallest absolute Gasteiger partial charge is 0.224 e. The maximum absolute atomic E-state index is 5.59. The number of rotatable bonds is 4. The fourth-order valence-corrected chi connectivity index (χ4v) is 1.57. The molecule has 0 bridgehead atoms. The predicted molar refractivity (Wildman–Crippen MR) is 62.6 cm³/mol. The first kappa shape index (κ1) is 10.4. The van der Waals surface area contributed by atoms with Gasteiger partial charge in [0.15, 0.2) is 17.3 Å². The van der Waals surface area contributed by atoms with Crippen molar-refractivity contribution >= 4 is 22.9 Å². The molecule has 0 aromatic carbocycles. The first-order chi connectivity index (χ1) is 8.83. The molecule has 0 aliphatic carbocycles. The van der Waals surface area contributed by atoms with E-state index in [1.54, 1.807) is 6.33 Å². The van der Waals surface area contributed by atoms with Crippen LogP contribution in [-0.2, 0) is 6.42 Å². The van der Waals surface area contributed by atoms with Crippen LogP contribution in [0.2, 0.25) is 0 Å².